The van der Waals surface area contributed by atoms with Crippen LogP contribution in [0.1, 0.15) is 49.2 Å². The summed E-state index contributed by atoms with van der Waals surface area (Å²) in [6.07, 6.45) is 0. The summed E-state index contributed by atoms with van der Waals surface area (Å²) < 4.78 is 35.1. The monoisotopic (exact) mass is 418 g/mol. The summed E-state index contributed by atoms with van der Waals surface area (Å²) in [7, 11) is -2.67. The first-order valence-electron chi connectivity index (χ1n) is 9.64. The summed E-state index contributed by atoms with van der Waals surface area (Å²) in [4.78, 5) is 14.6. The molecule has 7 heteroatoms. The van der Waals surface area contributed by atoms with Crippen molar-refractivity contribution in [1.29, 1.82) is 0 Å². The van der Waals surface area contributed by atoms with E-state index in [1.165, 1.54) is 7.11 Å². The molecule has 158 valence electrons. The second-order valence-corrected chi connectivity index (χ2v) is 9.04. The van der Waals surface area contributed by atoms with Crippen molar-refractivity contribution in [1.82, 2.24) is 9.62 Å². The van der Waals surface area contributed by atoms with Gasteiger partial charge in [0.2, 0.25) is 10.0 Å². The largest absolute Gasteiger partial charge is 0.495 e. The molecule has 0 unspecified atom stereocenters. The molecule has 6 nitrogen and oxygen atoms in total. The molecular weight excluding hydrogens is 388 g/mol. The predicted octanol–water partition coefficient (Wildman–Crippen LogP) is 3.70. The van der Waals surface area contributed by atoms with Crippen LogP contribution in [0.2, 0.25) is 0 Å². The van der Waals surface area contributed by atoms with E-state index in [9.17, 15) is 13.2 Å². The molecule has 0 atom stereocenters. The van der Waals surface area contributed by atoms with Crippen LogP contribution in [0.4, 0.5) is 0 Å². The lowest BCUT2D eigenvalue weighted by molar-refractivity contribution is 0.0768. The van der Waals surface area contributed by atoms with Crippen molar-refractivity contribution < 1.29 is 17.9 Å². The van der Waals surface area contributed by atoms with Gasteiger partial charge in [-0.2, -0.15) is 0 Å². The Balaban J connectivity index is 2.63. The average Bonchev–Trinajstić information content (AvgIpc) is 2.67. The molecule has 0 fully saturated rings. The first-order valence-corrected chi connectivity index (χ1v) is 11.1. The topological polar surface area (TPSA) is 75.7 Å². The highest BCUT2D eigenvalue weighted by molar-refractivity contribution is 7.89. The molecule has 0 bridgehead atoms. The van der Waals surface area contributed by atoms with Crippen molar-refractivity contribution in [2.24, 2.45) is 0 Å². The van der Waals surface area contributed by atoms with E-state index in [2.05, 4.69) is 4.72 Å². The zero-order valence-electron chi connectivity index (χ0n) is 17.9. The van der Waals surface area contributed by atoms with E-state index in [0.717, 1.165) is 11.1 Å². The molecule has 0 radical (unpaired) electrons. The minimum atomic E-state index is -4.07. The Bertz CT molecular complexity index is 966. The van der Waals surface area contributed by atoms with Crippen LogP contribution in [-0.4, -0.2) is 39.4 Å². The molecule has 29 heavy (non-hydrogen) atoms. The molecule has 1 N–H and O–H groups in total. The van der Waals surface area contributed by atoms with Crippen LogP contribution in [0.15, 0.2) is 47.4 Å². The lowest BCUT2D eigenvalue weighted by Gasteiger charge is -2.28. The highest BCUT2D eigenvalue weighted by Gasteiger charge is 2.34. The fraction of sp³-hybridized carbons (Fsp3) is 0.409. The van der Waals surface area contributed by atoms with E-state index in [1.54, 1.807) is 37.8 Å². The fourth-order valence-corrected chi connectivity index (χ4v) is 5.04. The van der Waals surface area contributed by atoms with Crippen molar-refractivity contribution in [3.05, 3.63) is 59.2 Å². The molecule has 0 aliphatic heterocycles. The number of carbonyl (C=O) groups excluding carboxylic acids is 1. The van der Waals surface area contributed by atoms with Crippen LogP contribution in [-0.2, 0) is 15.6 Å². The van der Waals surface area contributed by atoms with Crippen LogP contribution < -0.4 is 9.46 Å². The standard InChI is InChI=1S/C22H30N2O4S/c1-7-24(8-2)21(25)18-14-16(3)15-19(28-6)20(18)29(26,27)23-22(4,5)17-12-10-9-11-13-17/h9-15,23H,7-8H2,1-6H3. The summed E-state index contributed by atoms with van der Waals surface area (Å²) in [5.41, 5.74) is 0.790. The molecule has 2 aromatic rings. The Morgan fingerprint density at radius 3 is 2.21 bits per heavy atom. The number of rotatable bonds is 8. The van der Waals surface area contributed by atoms with Crippen molar-refractivity contribution in [3.63, 3.8) is 0 Å². The maximum absolute atomic E-state index is 13.5. The number of amides is 1. The number of aryl methyl sites for hydroxylation is 1. The third-order valence-electron chi connectivity index (χ3n) is 4.85. The Morgan fingerprint density at radius 2 is 1.69 bits per heavy atom. The highest BCUT2D eigenvalue weighted by atomic mass is 32.2. The minimum absolute atomic E-state index is 0.113. The summed E-state index contributed by atoms with van der Waals surface area (Å²) in [5.74, 6) is -0.188. The average molecular weight is 419 g/mol. The predicted molar refractivity (Wildman–Crippen MR) is 115 cm³/mol. The summed E-state index contributed by atoms with van der Waals surface area (Å²) in [5, 5.41) is 0. The molecule has 0 saturated carbocycles. The van der Waals surface area contributed by atoms with Crippen LogP contribution in [0.25, 0.3) is 0 Å². The van der Waals surface area contributed by atoms with E-state index < -0.39 is 15.6 Å². The normalized spacial score (nSPS) is 11.9. The minimum Gasteiger partial charge on any atom is -0.495 e. The van der Waals surface area contributed by atoms with E-state index in [0.29, 0.717) is 13.1 Å². The second-order valence-electron chi connectivity index (χ2n) is 7.42. The molecule has 1 amide bonds. The van der Waals surface area contributed by atoms with Gasteiger partial charge in [-0.1, -0.05) is 30.3 Å². The van der Waals surface area contributed by atoms with Gasteiger partial charge in [0.25, 0.3) is 5.91 Å². The molecule has 2 rings (SSSR count). The van der Waals surface area contributed by atoms with Crippen LogP contribution in [0.5, 0.6) is 5.75 Å². The lowest BCUT2D eigenvalue weighted by atomic mass is 9.96. The van der Waals surface area contributed by atoms with Crippen LogP contribution >= 0.6 is 0 Å². The number of ether oxygens (including phenoxy) is 1. The molecule has 0 spiro atoms. The summed E-state index contributed by atoms with van der Waals surface area (Å²) in [6, 6.07) is 12.5. The Hall–Kier alpha value is -2.38. The zero-order chi connectivity index (χ0) is 21.8. The number of nitrogens with zero attached hydrogens (tertiary/aromatic N) is 1. The van der Waals surface area contributed by atoms with Gasteiger partial charge >= 0.3 is 0 Å². The molecule has 2 aromatic carbocycles. The quantitative estimate of drug-likeness (QED) is 0.709. The number of carbonyl (C=O) groups is 1. The Labute approximate surface area is 173 Å². The number of benzene rings is 2. The van der Waals surface area contributed by atoms with Gasteiger partial charge in [0.15, 0.2) is 0 Å². The maximum Gasteiger partial charge on any atom is 0.255 e. The van der Waals surface area contributed by atoms with Gasteiger partial charge in [0, 0.05) is 13.1 Å². The van der Waals surface area contributed by atoms with Gasteiger partial charge in [-0.15, -0.1) is 0 Å². The van der Waals surface area contributed by atoms with Crippen LogP contribution in [0.3, 0.4) is 0 Å². The first-order chi connectivity index (χ1) is 13.6. The third-order valence-corrected chi connectivity index (χ3v) is 6.59. The Kier molecular flexibility index (Phi) is 7.08. The number of hydrogen-bond acceptors (Lipinski definition) is 4. The first kappa shape index (κ1) is 22.9. The molecular formula is C22H30N2O4S. The molecule has 0 aliphatic rings. The van der Waals surface area contributed by atoms with E-state index >= 15 is 0 Å². The number of hydrogen-bond donors (Lipinski definition) is 1. The van der Waals surface area contributed by atoms with Crippen molar-refractivity contribution in [2.75, 3.05) is 20.2 Å². The zero-order valence-corrected chi connectivity index (χ0v) is 18.8. The van der Waals surface area contributed by atoms with Gasteiger partial charge in [-0.05, 0) is 57.9 Å². The van der Waals surface area contributed by atoms with Gasteiger partial charge in [-0.3, -0.25) is 4.79 Å². The van der Waals surface area contributed by atoms with Crippen molar-refractivity contribution in [3.8, 4) is 5.75 Å². The second kappa shape index (κ2) is 8.97. The fourth-order valence-electron chi connectivity index (χ4n) is 3.31. The van der Waals surface area contributed by atoms with E-state index in [4.69, 9.17) is 4.74 Å². The van der Waals surface area contributed by atoms with Gasteiger partial charge in [0.05, 0.1) is 18.2 Å². The lowest BCUT2D eigenvalue weighted by Crippen LogP contribution is -2.42. The van der Waals surface area contributed by atoms with E-state index in [1.807, 2.05) is 44.2 Å². The van der Waals surface area contributed by atoms with Gasteiger partial charge in [0.1, 0.15) is 10.6 Å². The maximum atomic E-state index is 13.5. The molecule has 0 heterocycles. The van der Waals surface area contributed by atoms with Gasteiger partial charge in [-0.25, -0.2) is 13.1 Å². The molecule has 0 saturated heterocycles. The number of nitrogens with one attached hydrogen (secondary N) is 1. The number of methoxy groups -OCH3 is 1. The Morgan fingerprint density at radius 1 is 1.10 bits per heavy atom. The smallest absolute Gasteiger partial charge is 0.255 e. The van der Waals surface area contributed by atoms with Crippen LogP contribution in [0, 0.1) is 6.92 Å². The third kappa shape index (κ3) is 4.97. The SMILES string of the molecule is CCN(CC)C(=O)c1cc(C)cc(OC)c1S(=O)(=O)NC(C)(C)c1ccccc1. The van der Waals surface area contributed by atoms with Gasteiger partial charge < -0.3 is 9.64 Å². The van der Waals surface area contributed by atoms with E-state index in [-0.39, 0.29) is 22.1 Å². The van der Waals surface area contributed by atoms with Crippen molar-refractivity contribution in [2.45, 2.75) is 45.1 Å². The number of sulfonamides is 1. The summed E-state index contributed by atoms with van der Waals surface area (Å²) in [6.45, 7) is 10.1. The molecule has 0 aliphatic carbocycles. The highest BCUT2D eigenvalue weighted by Crippen LogP contribution is 2.32. The summed E-state index contributed by atoms with van der Waals surface area (Å²) >= 11 is 0. The van der Waals surface area contributed by atoms with Crippen molar-refractivity contribution >= 4 is 15.9 Å². The molecule has 0 aromatic heterocycles.